The van der Waals surface area contributed by atoms with Gasteiger partial charge in [0.05, 0.1) is 10.3 Å². The molecular formula is C37H27NO2S3. The van der Waals surface area contributed by atoms with Crippen molar-refractivity contribution in [2.45, 2.75) is 33.1 Å². The van der Waals surface area contributed by atoms with Crippen molar-refractivity contribution in [2.24, 2.45) is 0 Å². The van der Waals surface area contributed by atoms with Crippen LogP contribution in [0.1, 0.15) is 60.3 Å². The third kappa shape index (κ3) is 3.83. The van der Waals surface area contributed by atoms with Crippen LogP contribution in [0.3, 0.4) is 0 Å². The second-order valence-electron chi connectivity index (χ2n) is 11.7. The number of aryl methyl sites for hydroxylation is 2. The van der Waals surface area contributed by atoms with E-state index in [4.69, 9.17) is 0 Å². The van der Waals surface area contributed by atoms with Gasteiger partial charge in [-0.2, -0.15) is 0 Å². The number of rotatable bonds is 4. The first-order chi connectivity index (χ1) is 20.7. The molecule has 0 radical (unpaired) electrons. The number of carbonyl (C=O) groups is 2. The lowest BCUT2D eigenvalue weighted by atomic mass is 9.82. The first kappa shape index (κ1) is 26.5. The van der Waals surface area contributed by atoms with Crippen LogP contribution in [-0.2, 0) is 5.41 Å². The molecule has 2 aliphatic carbocycles. The molecule has 3 aromatic carbocycles. The summed E-state index contributed by atoms with van der Waals surface area (Å²) in [6, 6.07) is 30.0. The van der Waals surface area contributed by atoms with Gasteiger partial charge in [0.25, 0.3) is 0 Å². The lowest BCUT2D eigenvalue weighted by Crippen LogP contribution is -2.16. The quantitative estimate of drug-likeness (QED) is 0.147. The second-order valence-corrected chi connectivity index (χ2v) is 15.3. The van der Waals surface area contributed by atoms with Gasteiger partial charge in [-0.25, -0.2) is 0 Å². The molecule has 0 spiro atoms. The summed E-state index contributed by atoms with van der Waals surface area (Å²) >= 11 is 5.03. The predicted molar refractivity (Wildman–Crippen MR) is 182 cm³/mol. The van der Waals surface area contributed by atoms with E-state index in [2.05, 4.69) is 91.5 Å². The van der Waals surface area contributed by atoms with Gasteiger partial charge in [-0.05, 0) is 79.1 Å². The molecule has 6 aromatic rings. The number of allylic oxidation sites excluding steroid dienone is 1. The van der Waals surface area contributed by atoms with E-state index in [1.807, 2.05) is 43.4 Å². The van der Waals surface area contributed by atoms with E-state index < -0.39 is 0 Å². The van der Waals surface area contributed by atoms with Gasteiger partial charge in [-0.15, -0.1) is 34.0 Å². The minimum atomic E-state index is -0.204. The Hall–Kier alpha value is -4.10. The number of carbonyl (C=O) groups excluding carboxylic acids is 2. The van der Waals surface area contributed by atoms with Crippen molar-refractivity contribution < 1.29 is 9.59 Å². The molecule has 0 unspecified atom stereocenters. The van der Waals surface area contributed by atoms with Crippen LogP contribution >= 0.6 is 34.0 Å². The molecule has 0 saturated heterocycles. The molecule has 0 fully saturated rings. The number of benzene rings is 3. The van der Waals surface area contributed by atoms with Crippen LogP contribution in [0.2, 0.25) is 0 Å². The highest BCUT2D eigenvalue weighted by atomic mass is 32.1. The highest BCUT2D eigenvalue weighted by Crippen LogP contribution is 2.58. The fourth-order valence-electron chi connectivity index (χ4n) is 6.73. The first-order valence-corrected chi connectivity index (χ1v) is 16.7. The van der Waals surface area contributed by atoms with Crippen LogP contribution in [-0.4, -0.2) is 11.6 Å². The SMILES string of the molecule is Cc1sc(C)c2c1C(=O)C(=Cc1cc3sc4c(c3s1)C(C)(C)c1cc(N(c3ccccc3)c3ccccc3)ccc1-4)C2=O. The van der Waals surface area contributed by atoms with Gasteiger partial charge >= 0.3 is 0 Å². The zero-order chi connectivity index (χ0) is 29.6. The summed E-state index contributed by atoms with van der Waals surface area (Å²) in [6.45, 7) is 8.49. The molecule has 3 aromatic heterocycles. The number of nitrogens with zero attached hydrogens (tertiary/aromatic N) is 1. The van der Waals surface area contributed by atoms with Crippen molar-refractivity contribution >= 4 is 78.1 Å². The molecule has 210 valence electrons. The Morgan fingerprint density at radius 1 is 0.698 bits per heavy atom. The molecular weight excluding hydrogens is 587 g/mol. The van der Waals surface area contributed by atoms with Crippen LogP contribution in [0.25, 0.3) is 25.9 Å². The highest BCUT2D eigenvalue weighted by Gasteiger charge is 2.41. The Labute approximate surface area is 262 Å². The Morgan fingerprint density at radius 3 is 1.91 bits per heavy atom. The van der Waals surface area contributed by atoms with E-state index in [1.165, 1.54) is 42.3 Å². The fraction of sp³-hybridized carbons (Fsp3) is 0.135. The first-order valence-electron chi connectivity index (χ1n) is 14.3. The minimum Gasteiger partial charge on any atom is -0.310 e. The highest BCUT2D eigenvalue weighted by molar-refractivity contribution is 7.30. The number of hydrogen-bond donors (Lipinski definition) is 0. The number of ketones is 2. The molecule has 3 heterocycles. The van der Waals surface area contributed by atoms with Crippen LogP contribution in [0, 0.1) is 13.8 Å². The number of thiophene rings is 3. The second kappa shape index (κ2) is 9.45. The Bertz CT molecular complexity index is 2080. The standard InChI is InChI=1S/C37H27NO2S3/c1-20-30-31(21(2)41-20)34(40)27(33(30)39)18-25-19-29-36(42-25)32-35(43-29)26-16-15-24(17-28(26)37(32,3)4)38(22-11-7-5-8-12-22)23-13-9-6-10-14-23/h5-19H,1-4H3. The van der Waals surface area contributed by atoms with Crippen LogP contribution < -0.4 is 4.90 Å². The third-order valence-electron chi connectivity index (χ3n) is 8.71. The van der Waals surface area contributed by atoms with Crippen molar-refractivity contribution in [1.29, 1.82) is 0 Å². The van der Waals surface area contributed by atoms with Crippen molar-refractivity contribution in [1.82, 2.24) is 0 Å². The summed E-state index contributed by atoms with van der Waals surface area (Å²) in [5.74, 6) is -0.268. The minimum absolute atomic E-state index is 0.134. The number of fused-ring (bicyclic) bond motifs is 6. The van der Waals surface area contributed by atoms with E-state index in [-0.39, 0.29) is 17.0 Å². The van der Waals surface area contributed by atoms with Gasteiger partial charge in [0.15, 0.2) is 11.6 Å². The van der Waals surface area contributed by atoms with E-state index in [9.17, 15) is 9.59 Å². The lowest BCUT2D eigenvalue weighted by Gasteiger charge is -2.28. The summed E-state index contributed by atoms with van der Waals surface area (Å²) in [6.07, 6.45) is 1.82. The Morgan fingerprint density at radius 2 is 1.30 bits per heavy atom. The van der Waals surface area contributed by atoms with Crippen molar-refractivity contribution in [2.75, 3.05) is 4.90 Å². The van der Waals surface area contributed by atoms with Gasteiger partial charge < -0.3 is 4.90 Å². The molecule has 0 bridgehead atoms. The number of para-hydroxylation sites is 2. The molecule has 3 nitrogen and oxygen atoms in total. The summed E-state index contributed by atoms with van der Waals surface area (Å²) in [5.41, 5.74) is 8.60. The van der Waals surface area contributed by atoms with Gasteiger partial charge in [0.1, 0.15) is 0 Å². The van der Waals surface area contributed by atoms with Gasteiger partial charge in [0, 0.05) is 57.8 Å². The van der Waals surface area contributed by atoms with Crippen LogP contribution in [0.5, 0.6) is 0 Å². The van der Waals surface area contributed by atoms with E-state index in [1.54, 1.807) is 11.3 Å². The van der Waals surface area contributed by atoms with Gasteiger partial charge in [-0.1, -0.05) is 56.3 Å². The zero-order valence-corrected chi connectivity index (χ0v) is 26.6. The molecule has 0 N–H and O–H groups in total. The normalized spacial score (nSPS) is 14.7. The lowest BCUT2D eigenvalue weighted by molar-refractivity contribution is 0.0990. The van der Waals surface area contributed by atoms with Crippen molar-refractivity contribution in [3.8, 4) is 10.4 Å². The van der Waals surface area contributed by atoms with Gasteiger partial charge in [-0.3, -0.25) is 9.59 Å². The summed E-state index contributed by atoms with van der Waals surface area (Å²) < 4.78 is 2.45. The van der Waals surface area contributed by atoms with Crippen LogP contribution in [0.4, 0.5) is 17.1 Å². The Kier molecular flexibility index (Phi) is 5.83. The number of hydrogen-bond acceptors (Lipinski definition) is 6. The number of Topliss-reactive ketones (excluding diaryl/α,β-unsaturated/α-hetero) is 2. The van der Waals surface area contributed by atoms with E-state index in [0.717, 1.165) is 31.7 Å². The molecule has 0 atom stereocenters. The largest absolute Gasteiger partial charge is 0.310 e. The smallest absolute Gasteiger partial charge is 0.198 e. The zero-order valence-electron chi connectivity index (χ0n) is 24.1. The van der Waals surface area contributed by atoms with Crippen molar-refractivity contribution in [3.63, 3.8) is 0 Å². The average molecular weight is 614 g/mol. The maximum absolute atomic E-state index is 13.3. The molecule has 2 aliphatic rings. The van der Waals surface area contributed by atoms with E-state index in [0.29, 0.717) is 16.7 Å². The van der Waals surface area contributed by atoms with E-state index >= 15 is 0 Å². The maximum atomic E-state index is 13.3. The monoisotopic (exact) mass is 613 g/mol. The van der Waals surface area contributed by atoms with Crippen LogP contribution in [0.15, 0.2) is 90.5 Å². The fourth-order valence-corrected chi connectivity index (χ4v) is 10.7. The summed E-state index contributed by atoms with van der Waals surface area (Å²) in [5, 5.41) is 0. The molecule has 0 saturated carbocycles. The predicted octanol–water partition coefficient (Wildman–Crippen LogP) is 10.9. The Balaban J connectivity index is 1.21. The molecule has 8 rings (SSSR count). The maximum Gasteiger partial charge on any atom is 0.198 e. The summed E-state index contributed by atoms with van der Waals surface area (Å²) in [7, 11) is 0. The third-order valence-corrected chi connectivity index (χ3v) is 12.1. The topological polar surface area (TPSA) is 37.4 Å². The molecule has 43 heavy (non-hydrogen) atoms. The van der Waals surface area contributed by atoms with Gasteiger partial charge in [0.2, 0.25) is 0 Å². The number of anilines is 3. The molecule has 0 amide bonds. The molecule has 0 aliphatic heterocycles. The average Bonchev–Trinajstić information content (AvgIpc) is 3.74. The summed E-state index contributed by atoms with van der Waals surface area (Å²) in [4.78, 5) is 32.9. The van der Waals surface area contributed by atoms with Crippen molar-refractivity contribution in [3.05, 3.63) is 127 Å². The molecule has 6 heteroatoms.